The van der Waals surface area contributed by atoms with E-state index in [1.165, 1.54) is 10.4 Å². The fraction of sp³-hybridized carbons (Fsp3) is 0.357. The second-order valence-corrected chi connectivity index (χ2v) is 6.53. The van der Waals surface area contributed by atoms with Crippen LogP contribution in [0.1, 0.15) is 30.3 Å². The maximum Gasteiger partial charge on any atom is 0.126 e. The highest BCUT2D eigenvalue weighted by atomic mass is 79.9. The van der Waals surface area contributed by atoms with Crippen LogP contribution in [-0.4, -0.2) is 4.98 Å². The molecule has 2 nitrogen and oxygen atoms in total. The van der Waals surface area contributed by atoms with Crippen molar-refractivity contribution in [1.29, 1.82) is 0 Å². The largest absolute Gasteiger partial charge is 0.362 e. The molecule has 0 aliphatic carbocycles. The van der Waals surface area contributed by atoms with E-state index < -0.39 is 0 Å². The first-order valence-corrected chi connectivity index (χ1v) is 7.67. The summed E-state index contributed by atoms with van der Waals surface area (Å²) in [6.07, 6.45) is 1.85. The summed E-state index contributed by atoms with van der Waals surface area (Å²) in [5.41, 5.74) is 1.20. The number of hydrogen-bond acceptors (Lipinski definition) is 3. The Morgan fingerprint density at radius 3 is 2.72 bits per heavy atom. The van der Waals surface area contributed by atoms with Crippen LogP contribution < -0.4 is 5.32 Å². The molecule has 1 atom stereocenters. The van der Waals surface area contributed by atoms with Gasteiger partial charge in [-0.1, -0.05) is 19.9 Å². The third-order valence-corrected chi connectivity index (χ3v) is 4.65. The number of anilines is 1. The summed E-state index contributed by atoms with van der Waals surface area (Å²) in [7, 11) is 0. The molecule has 0 saturated carbocycles. The first-order chi connectivity index (χ1) is 8.58. The number of rotatable bonds is 4. The maximum atomic E-state index is 4.42. The van der Waals surface area contributed by atoms with Gasteiger partial charge in [-0.3, -0.25) is 0 Å². The third-order valence-electron chi connectivity index (χ3n) is 2.87. The Kier molecular flexibility index (Phi) is 4.40. The van der Waals surface area contributed by atoms with Gasteiger partial charge in [-0.15, -0.1) is 11.3 Å². The van der Waals surface area contributed by atoms with Gasteiger partial charge in [-0.05, 0) is 51.8 Å². The van der Waals surface area contributed by atoms with Crippen molar-refractivity contribution in [2.24, 2.45) is 5.92 Å². The predicted molar refractivity (Wildman–Crippen MR) is 82.2 cm³/mol. The molecule has 2 heterocycles. The van der Waals surface area contributed by atoms with E-state index in [1.54, 1.807) is 11.3 Å². The minimum Gasteiger partial charge on any atom is -0.362 e. The van der Waals surface area contributed by atoms with Crippen LogP contribution in [0.5, 0.6) is 0 Å². The van der Waals surface area contributed by atoms with Gasteiger partial charge in [0.2, 0.25) is 0 Å². The highest BCUT2D eigenvalue weighted by Gasteiger charge is 2.17. The Morgan fingerprint density at radius 1 is 1.39 bits per heavy atom. The lowest BCUT2D eigenvalue weighted by Crippen LogP contribution is -2.16. The van der Waals surface area contributed by atoms with Gasteiger partial charge in [0.1, 0.15) is 5.82 Å². The summed E-state index contributed by atoms with van der Waals surface area (Å²) >= 11 is 5.26. The number of pyridine rings is 1. The Bertz CT molecular complexity index is 509. The van der Waals surface area contributed by atoms with E-state index >= 15 is 0 Å². The molecule has 0 aliphatic rings. The third kappa shape index (κ3) is 3.12. The molecule has 96 valence electrons. The molecule has 1 unspecified atom stereocenters. The zero-order valence-corrected chi connectivity index (χ0v) is 13.2. The summed E-state index contributed by atoms with van der Waals surface area (Å²) in [5.74, 6) is 1.46. The summed E-state index contributed by atoms with van der Waals surface area (Å²) in [6.45, 7) is 6.53. The van der Waals surface area contributed by atoms with Gasteiger partial charge < -0.3 is 5.32 Å². The number of halogens is 1. The van der Waals surface area contributed by atoms with Gasteiger partial charge in [0.05, 0.1) is 6.04 Å². The summed E-state index contributed by atoms with van der Waals surface area (Å²) in [4.78, 5) is 5.77. The molecule has 0 bridgehead atoms. The van der Waals surface area contributed by atoms with Gasteiger partial charge >= 0.3 is 0 Å². The molecule has 0 radical (unpaired) electrons. The topological polar surface area (TPSA) is 24.9 Å². The quantitative estimate of drug-likeness (QED) is 0.853. The van der Waals surface area contributed by atoms with Gasteiger partial charge in [0.15, 0.2) is 0 Å². The van der Waals surface area contributed by atoms with E-state index in [1.807, 2.05) is 6.20 Å². The Labute approximate surface area is 121 Å². The summed E-state index contributed by atoms with van der Waals surface area (Å²) in [5, 5.41) is 5.65. The zero-order chi connectivity index (χ0) is 13.1. The lowest BCUT2D eigenvalue weighted by molar-refractivity contribution is 0.552. The molecule has 0 aliphatic heterocycles. The second-order valence-electron chi connectivity index (χ2n) is 4.70. The Hall–Kier alpha value is -0.870. The molecule has 4 heteroatoms. The number of nitrogens with one attached hydrogen (secondary N) is 1. The Morgan fingerprint density at radius 2 is 2.17 bits per heavy atom. The minimum absolute atomic E-state index is 0.318. The van der Waals surface area contributed by atoms with Crippen LogP contribution in [0.25, 0.3) is 0 Å². The smallest absolute Gasteiger partial charge is 0.126 e. The Balaban J connectivity index is 2.21. The average molecular weight is 325 g/mol. The van der Waals surface area contributed by atoms with Crippen molar-refractivity contribution in [3.05, 3.63) is 44.7 Å². The first kappa shape index (κ1) is 13.6. The summed E-state index contributed by atoms with van der Waals surface area (Å²) < 4.78 is 1.05. The number of aromatic nitrogens is 1. The van der Waals surface area contributed by atoms with Crippen LogP contribution in [0.15, 0.2) is 34.2 Å². The van der Waals surface area contributed by atoms with E-state index in [0.717, 1.165) is 10.3 Å². The second kappa shape index (κ2) is 5.85. The lowest BCUT2D eigenvalue weighted by atomic mass is 10.0. The molecule has 0 saturated heterocycles. The monoisotopic (exact) mass is 324 g/mol. The fourth-order valence-corrected chi connectivity index (χ4v) is 2.98. The number of aryl methyl sites for hydroxylation is 1. The normalized spacial score (nSPS) is 12.7. The lowest BCUT2D eigenvalue weighted by Gasteiger charge is -2.22. The molecular formula is C14H17BrN2S. The minimum atomic E-state index is 0.318. The van der Waals surface area contributed by atoms with Crippen molar-refractivity contribution in [3.8, 4) is 0 Å². The van der Waals surface area contributed by atoms with E-state index in [2.05, 4.69) is 70.6 Å². The van der Waals surface area contributed by atoms with Crippen LogP contribution in [0.3, 0.4) is 0 Å². The first-order valence-electron chi connectivity index (χ1n) is 6.00. The molecule has 0 spiro atoms. The van der Waals surface area contributed by atoms with Crippen LogP contribution in [-0.2, 0) is 0 Å². The van der Waals surface area contributed by atoms with Gasteiger partial charge in [0, 0.05) is 15.5 Å². The van der Waals surface area contributed by atoms with Gasteiger partial charge in [-0.2, -0.15) is 0 Å². The van der Waals surface area contributed by atoms with Crippen LogP contribution >= 0.6 is 27.3 Å². The number of hydrogen-bond donors (Lipinski definition) is 1. The van der Waals surface area contributed by atoms with Crippen LogP contribution in [0, 0.1) is 12.8 Å². The van der Waals surface area contributed by atoms with Crippen molar-refractivity contribution >= 4 is 33.1 Å². The molecule has 2 aromatic heterocycles. The number of nitrogens with zero attached hydrogens (tertiary/aromatic N) is 1. The standard InChI is InChI=1S/C14H17BrN2S/c1-9(2)14(12-5-4-6-18-12)17-13-7-10(3)11(15)8-16-13/h4-9,14H,1-3H3,(H,16,17). The molecule has 0 aromatic carbocycles. The van der Waals surface area contributed by atoms with Gasteiger partial charge in [-0.25, -0.2) is 4.98 Å². The van der Waals surface area contributed by atoms with Crippen molar-refractivity contribution in [2.75, 3.05) is 5.32 Å². The maximum absolute atomic E-state index is 4.42. The molecule has 0 fully saturated rings. The fourth-order valence-electron chi connectivity index (χ4n) is 1.81. The van der Waals surface area contributed by atoms with E-state index in [4.69, 9.17) is 0 Å². The highest BCUT2D eigenvalue weighted by Crippen LogP contribution is 2.29. The van der Waals surface area contributed by atoms with Crippen molar-refractivity contribution in [3.63, 3.8) is 0 Å². The van der Waals surface area contributed by atoms with E-state index in [0.29, 0.717) is 12.0 Å². The highest BCUT2D eigenvalue weighted by molar-refractivity contribution is 9.10. The van der Waals surface area contributed by atoms with E-state index in [-0.39, 0.29) is 0 Å². The summed E-state index contributed by atoms with van der Waals surface area (Å²) in [6, 6.07) is 6.66. The molecule has 2 aromatic rings. The van der Waals surface area contributed by atoms with Crippen LogP contribution in [0.4, 0.5) is 5.82 Å². The predicted octanol–water partition coefficient (Wildman–Crippen LogP) is 5.02. The van der Waals surface area contributed by atoms with Crippen molar-refractivity contribution in [2.45, 2.75) is 26.8 Å². The number of thiophene rings is 1. The average Bonchev–Trinajstić information content (AvgIpc) is 2.83. The molecule has 1 N–H and O–H groups in total. The van der Waals surface area contributed by atoms with Crippen molar-refractivity contribution < 1.29 is 0 Å². The van der Waals surface area contributed by atoms with Crippen molar-refractivity contribution in [1.82, 2.24) is 4.98 Å². The van der Waals surface area contributed by atoms with E-state index in [9.17, 15) is 0 Å². The van der Waals surface area contributed by atoms with Crippen LogP contribution in [0.2, 0.25) is 0 Å². The van der Waals surface area contributed by atoms with Gasteiger partial charge in [0.25, 0.3) is 0 Å². The SMILES string of the molecule is Cc1cc(NC(c2cccs2)C(C)C)ncc1Br. The zero-order valence-electron chi connectivity index (χ0n) is 10.8. The molecule has 2 rings (SSSR count). The molecule has 0 amide bonds. The molecule has 18 heavy (non-hydrogen) atoms. The molecular weight excluding hydrogens is 308 g/mol.